The molecular formula is C14H13N5O2S. The zero-order valence-electron chi connectivity index (χ0n) is 11.9. The topological polar surface area (TPSA) is 114 Å². The number of aromatic amines is 1. The molecule has 7 nitrogen and oxygen atoms in total. The second-order valence-electron chi connectivity index (χ2n) is 5.04. The third-order valence-corrected chi connectivity index (χ3v) is 4.64. The van der Waals surface area contributed by atoms with E-state index in [-0.39, 0.29) is 11.3 Å². The Kier molecular flexibility index (Phi) is 3.73. The number of hydrogen-bond donors (Lipinski definition) is 2. The van der Waals surface area contributed by atoms with Gasteiger partial charge in [0.1, 0.15) is 11.6 Å². The molecule has 8 heteroatoms. The summed E-state index contributed by atoms with van der Waals surface area (Å²) in [6.07, 6.45) is 4.27. The first kappa shape index (κ1) is 14.4. The first-order chi connectivity index (χ1) is 10.6. The predicted molar refractivity (Wildman–Crippen MR) is 81.1 cm³/mol. The molecule has 1 aliphatic carbocycles. The number of hydrogen-bond acceptors (Lipinski definition) is 7. The lowest BCUT2D eigenvalue weighted by molar-refractivity contribution is 0.449. The third kappa shape index (κ3) is 2.51. The molecule has 0 aromatic carbocycles. The molecule has 2 N–H and O–H groups in total. The summed E-state index contributed by atoms with van der Waals surface area (Å²) in [6, 6.07) is 1.83. The minimum atomic E-state index is -0.584. The van der Waals surface area contributed by atoms with Crippen LogP contribution in [-0.2, 0) is 12.8 Å². The number of pyridine rings is 1. The summed E-state index contributed by atoms with van der Waals surface area (Å²) in [4.78, 5) is 19.7. The van der Waals surface area contributed by atoms with Crippen molar-refractivity contribution in [2.75, 3.05) is 0 Å². The highest BCUT2D eigenvalue weighted by molar-refractivity contribution is 7.15. The number of H-pyrrole nitrogens is 1. The maximum Gasteiger partial charge on any atom is 0.278 e. The van der Waals surface area contributed by atoms with Gasteiger partial charge < -0.3 is 5.11 Å². The molecule has 2 aromatic heterocycles. The van der Waals surface area contributed by atoms with Crippen LogP contribution in [0.15, 0.2) is 15.0 Å². The van der Waals surface area contributed by atoms with E-state index in [1.165, 1.54) is 16.2 Å². The summed E-state index contributed by atoms with van der Waals surface area (Å²) < 4.78 is 0. The molecule has 0 unspecified atom stereocenters. The lowest BCUT2D eigenvalue weighted by Gasteiger charge is -2.06. The molecule has 0 fully saturated rings. The van der Waals surface area contributed by atoms with Crippen LogP contribution in [0, 0.1) is 18.3 Å². The van der Waals surface area contributed by atoms with Gasteiger partial charge in [0.15, 0.2) is 5.69 Å². The molecule has 3 rings (SSSR count). The number of aryl methyl sites for hydroxylation is 2. The molecule has 0 amide bonds. The van der Waals surface area contributed by atoms with Crippen LogP contribution in [0.4, 0.5) is 10.8 Å². The Bertz CT molecular complexity index is 836. The highest BCUT2D eigenvalue weighted by Gasteiger charge is 2.16. The number of nitrogens with one attached hydrogen (secondary N) is 1. The number of aromatic nitrogens is 2. The van der Waals surface area contributed by atoms with E-state index in [1.807, 2.05) is 6.07 Å². The van der Waals surface area contributed by atoms with Crippen LogP contribution in [-0.4, -0.2) is 15.1 Å². The number of thiazole rings is 1. The third-order valence-electron chi connectivity index (χ3n) is 3.60. The zero-order valence-corrected chi connectivity index (χ0v) is 12.7. The van der Waals surface area contributed by atoms with E-state index in [9.17, 15) is 9.90 Å². The van der Waals surface area contributed by atoms with Crippen LogP contribution in [0.5, 0.6) is 5.88 Å². The summed E-state index contributed by atoms with van der Waals surface area (Å²) >= 11 is 1.48. The molecule has 2 aromatic rings. The SMILES string of the molecule is Cc1c(C#N)c(O)[nH]c(=O)c1N=Nc1nc2c(s1)CCCC2. The molecule has 0 atom stereocenters. The van der Waals surface area contributed by atoms with Gasteiger partial charge in [-0.3, -0.25) is 9.78 Å². The van der Waals surface area contributed by atoms with Crippen LogP contribution in [0.1, 0.15) is 34.5 Å². The molecule has 22 heavy (non-hydrogen) atoms. The monoisotopic (exact) mass is 315 g/mol. The van der Waals surface area contributed by atoms with Gasteiger partial charge in [0.05, 0.1) is 5.69 Å². The second kappa shape index (κ2) is 5.69. The van der Waals surface area contributed by atoms with Crippen molar-refractivity contribution in [3.63, 3.8) is 0 Å². The van der Waals surface area contributed by atoms with Gasteiger partial charge >= 0.3 is 0 Å². The Hall–Kier alpha value is -2.53. The van der Waals surface area contributed by atoms with Gasteiger partial charge in [0.25, 0.3) is 5.56 Å². The minimum absolute atomic E-state index is 0.00742. The Labute approximate surface area is 130 Å². The number of nitrogens with zero attached hydrogens (tertiary/aromatic N) is 4. The zero-order chi connectivity index (χ0) is 15.7. The van der Waals surface area contributed by atoms with Crippen molar-refractivity contribution in [2.45, 2.75) is 32.6 Å². The van der Waals surface area contributed by atoms with E-state index >= 15 is 0 Å². The first-order valence-electron chi connectivity index (χ1n) is 6.86. The molecule has 0 aliphatic heterocycles. The Morgan fingerprint density at radius 1 is 1.36 bits per heavy atom. The molecular weight excluding hydrogens is 302 g/mol. The van der Waals surface area contributed by atoms with Crippen molar-refractivity contribution in [3.8, 4) is 11.9 Å². The minimum Gasteiger partial charge on any atom is -0.494 e. The van der Waals surface area contributed by atoms with Crippen LogP contribution in [0.3, 0.4) is 0 Å². The van der Waals surface area contributed by atoms with Crippen molar-refractivity contribution in [1.29, 1.82) is 5.26 Å². The lowest BCUT2D eigenvalue weighted by Crippen LogP contribution is -2.08. The molecule has 0 saturated heterocycles. The summed E-state index contributed by atoms with van der Waals surface area (Å²) in [6.45, 7) is 1.55. The summed E-state index contributed by atoms with van der Waals surface area (Å²) in [5, 5.41) is 27.0. The van der Waals surface area contributed by atoms with Gasteiger partial charge in [-0.05, 0) is 32.6 Å². The average molecular weight is 315 g/mol. The molecule has 0 spiro atoms. The fourth-order valence-corrected chi connectivity index (χ4v) is 3.40. The standard InChI is InChI=1S/C14H13N5O2S/c1-7-8(6-15)12(20)17-13(21)11(7)18-19-14-16-9-4-2-3-5-10(9)22-14/h2-5H2,1H3,(H2,17,20,21). The van der Waals surface area contributed by atoms with Gasteiger partial charge in [0, 0.05) is 10.4 Å². The quantitative estimate of drug-likeness (QED) is 0.829. The molecule has 0 radical (unpaired) electrons. The van der Waals surface area contributed by atoms with Gasteiger partial charge in [-0.1, -0.05) is 11.3 Å². The van der Waals surface area contributed by atoms with Crippen molar-refractivity contribution in [2.24, 2.45) is 10.2 Å². The number of fused-ring (bicyclic) bond motifs is 1. The summed E-state index contributed by atoms with van der Waals surface area (Å²) in [5.41, 5.74) is 0.793. The second-order valence-corrected chi connectivity index (χ2v) is 6.10. The molecule has 0 bridgehead atoms. The van der Waals surface area contributed by atoms with E-state index < -0.39 is 11.4 Å². The maximum absolute atomic E-state index is 11.8. The largest absolute Gasteiger partial charge is 0.494 e. The normalized spacial score (nSPS) is 14.0. The smallest absolute Gasteiger partial charge is 0.278 e. The fourth-order valence-electron chi connectivity index (χ4n) is 2.43. The Morgan fingerprint density at radius 3 is 2.86 bits per heavy atom. The van der Waals surface area contributed by atoms with Crippen LogP contribution in [0.2, 0.25) is 0 Å². The van der Waals surface area contributed by atoms with E-state index in [1.54, 1.807) is 6.92 Å². The average Bonchev–Trinajstić information content (AvgIpc) is 2.89. The first-order valence-corrected chi connectivity index (χ1v) is 7.68. The maximum atomic E-state index is 11.8. The molecule has 0 saturated carbocycles. The van der Waals surface area contributed by atoms with Crippen molar-refractivity contribution < 1.29 is 5.11 Å². The predicted octanol–water partition coefficient (Wildman–Crippen LogP) is 3.01. The van der Waals surface area contributed by atoms with Crippen molar-refractivity contribution in [3.05, 3.63) is 32.1 Å². The van der Waals surface area contributed by atoms with Gasteiger partial charge in [0.2, 0.25) is 11.0 Å². The highest BCUT2D eigenvalue weighted by atomic mass is 32.1. The molecule has 112 valence electrons. The Morgan fingerprint density at radius 2 is 2.14 bits per heavy atom. The van der Waals surface area contributed by atoms with Gasteiger partial charge in [-0.15, -0.1) is 10.2 Å². The summed E-state index contributed by atoms with van der Waals surface area (Å²) in [7, 11) is 0. The van der Waals surface area contributed by atoms with Gasteiger partial charge in [-0.2, -0.15) is 5.26 Å². The van der Waals surface area contributed by atoms with Crippen molar-refractivity contribution >= 4 is 22.2 Å². The Balaban J connectivity index is 1.98. The van der Waals surface area contributed by atoms with Crippen LogP contribution in [0.25, 0.3) is 0 Å². The fraction of sp³-hybridized carbons (Fsp3) is 0.357. The van der Waals surface area contributed by atoms with Gasteiger partial charge in [-0.25, -0.2) is 4.98 Å². The number of rotatable bonds is 2. The number of nitriles is 1. The molecule has 1 aliphatic rings. The van der Waals surface area contributed by atoms with Crippen molar-refractivity contribution in [1.82, 2.24) is 9.97 Å². The summed E-state index contributed by atoms with van der Waals surface area (Å²) in [5.74, 6) is -0.450. The molecule has 2 heterocycles. The number of aromatic hydroxyl groups is 1. The van der Waals surface area contributed by atoms with E-state index in [0.717, 1.165) is 31.4 Å². The van der Waals surface area contributed by atoms with Crippen LogP contribution >= 0.6 is 11.3 Å². The van der Waals surface area contributed by atoms with E-state index in [0.29, 0.717) is 10.7 Å². The highest BCUT2D eigenvalue weighted by Crippen LogP contribution is 2.32. The van der Waals surface area contributed by atoms with Crippen LogP contribution < -0.4 is 5.56 Å². The van der Waals surface area contributed by atoms with E-state index in [4.69, 9.17) is 5.26 Å². The lowest BCUT2D eigenvalue weighted by atomic mass is 10.0. The number of azo groups is 1. The van der Waals surface area contributed by atoms with E-state index in [2.05, 4.69) is 20.2 Å².